The van der Waals surface area contributed by atoms with Crippen LogP contribution in [0.3, 0.4) is 0 Å². The number of aromatic hydroxyl groups is 1. The van der Waals surface area contributed by atoms with Crippen molar-refractivity contribution in [2.75, 3.05) is 11.1 Å². The van der Waals surface area contributed by atoms with Gasteiger partial charge in [-0.25, -0.2) is 0 Å². The summed E-state index contributed by atoms with van der Waals surface area (Å²) < 4.78 is 5.88. The maximum Gasteiger partial charge on any atom is 0.248 e. The standard InChI is InChI=1S/C23H22N2O4/c24-19-8-4-5-9-20(19)25-22(27)15-14-21(29-18-6-2-1-3-7-18)23(28)16-10-12-17(26)13-11-16/h1-15,21,23,26,28H,24H2,(H,25,27)/b15-14+/t21-,23-/m1/s1. The number of nitrogens with two attached hydrogens (primary N) is 1. The average Bonchev–Trinajstić information content (AvgIpc) is 2.73. The Morgan fingerprint density at radius 1 is 0.966 bits per heavy atom. The van der Waals surface area contributed by atoms with E-state index in [4.69, 9.17) is 10.5 Å². The van der Waals surface area contributed by atoms with Crippen molar-refractivity contribution in [2.24, 2.45) is 0 Å². The third-order valence-electron chi connectivity index (χ3n) is 4.22. The van der Waals surface area contributed by atoms with Crippen molar-refractivity contribution >= 4 is 17.3 Å². The molecule has 5 N–H and O–H groups in total. The molecule has 0 aromatic heterocycles. The molecule has 3 rings (SSSR count). The molecule has 148 valence electrons. The van der Waals surface area contributed by atoms with Crippen molar-refractivity contribution in [3.05, 3.63) is 96.6 Å². The number of carbonyl (C=O) groups excluding carboxylic acids is 1. The number of para-hydroxylation sites is 3. The highest BCUT2D eigenvalue weighted by Gasteiger charge is 2.21. The lowest BCUT2D eigenvalue weighted by Gasteiger charge is -2.22. The lowest BCUT2D eigenvalue weighted by molar-refractivity contribution is -0.112. The van der Waals surface area contributed by atoms with Crippen LogP contribution in [0.1, 0.15) is 11.7 Å². The number of anilines is 2. The van der Waals surface area contributed by atoms with E-state index in [-0.39, 0.29) is 5.75 Å². The summed E-state index contributed by atoms with van der Waals surface area (Å²) in [7, 11) is 0. The van der Waals surface area contributed by atoms with Gasteiger partial charge in [0.15, 0.2) is 0 Å². The number of benzene rings is 3. The molecule has 0 saturated heterocycles. The number of hydrogen-bond acceptors (Lipinski definition) is 5. The fourth-order valence-corrected chi connectivity index (χ4v) is 2.69. The second kappa shape index (κ2) is 9.43. The van der Waals surface area contributed by atoms with Gasteiger partial charge >= 0.3 is 0 Å². The maximum atomic E-state index is 12.3. The molecular formula is C23H22N2O4. The van der Waals surface area contributed by atoms with Gasteiger partial charge in [-0.3, -0.25) is 4.79 Å². The van der Waals surface area contributed by atoms with Gasteiger partial charge in [-0.05, 0) is 48.0 Å². The van der Waals surface area contributed by atoms with Crippen molar-refractivity contribution in [1.29, 1.82) is 0 Å². The average molecular weight is 390 g/mol. The zero-order valence-corrected chi connectivity index (χ0v) is 15.6. The predicted octanol–water partition coefficient (Wildman–Crippen LogP) is 3.65. The first-order chi connectivity index (χ1) is 14.0. The number of phenols is 1. The summed E-state index contributed by atoms with van der Waals surface area (Å²) in [4.78, 5) is 12.3. The number of hydrogen-bond donors (Lipinski definition) is 4. The Labute approximate surface area is 168 Å². The van der Waals surface area contributed by atoms with E-state index in [1.165, 1.54) is 24.3 Å². The van der Waals surface area contributed by atoms with Crippen LogP contribution in [0.15, 0.2) is 91.0 Å². The van der Waals surface area contributed by atoms with Crippen molar-refractivity contribution < 1.29 is 19.7 Å². The molecular weight excluding hydrogens is 368 g/mol. The number of aliphatic hydroxyl groups excluding tert-OH is 1. The minimum absolute atomic E-state index is 0.0943. The molecule has 3 aromatic rings. The Bertz CT molecular complexity index is 972. The Kier molecular flexibility index (Phi) is 6.50. The highest BCUT2D eigenvalue weighted by molar-refractivity contribution is 6.01. The van der Waals surface area contributed by atoms with E-state index >= 15 is 0 Å². The number of nitrogens with one attached hydrogen (secondary N) is 1. The molecule has 0 aliphatic heterocycles. The molecule has 0 spiro atoms. The minimum Gasteiger partial charge on any atom is -0.508 e. The monoisotopic (exact) mass is 390 g/mol. The van der Waals surface area contributed by atoms with E-state index in [1.54, 1.807) is 48.5 Å². The van der Waals surface area contributed by atoms with Crippen LogP contribution < -0.4 is 15.8 Å². The van der Waals surface area contributed by atoms with E-state index < -0.39 is 18.1 Å². The van der Waals surface area contributed by atoms with Crippen molar-refractivity contribution in [2.45, 2.75) is 12.2 Å². The number of aliphatic hydroxyl groups is 1. The molecule has 6 heteroatoms. The molecule has 2 atom stereocenters. The van der Waals surface area contributed by atoms with E-state index in [0.717, 1.165) is 0 Å². The van der Waals surface area contributed by atoms with Gasteiger partial charge in [-0.15, -0.1) is 0 Å². The second-order valence-corrected chi connectivity index (χ2v) is 6.37. The fourth-order valence-electron chi connectivity index (χ4n) is 2.69. The number of rotatable bonds is 7. The van der Waals surface area contributed by atoms with Gasteiger partial charge in [0, 0.05) is 6.08 Å². The molecule has 0 fully saturated rings. The largest absolute Gasteiger partial charge is 0.508 e. The molecule has 0 bridgehead atoms. The van der Waals surface area contributed by atoms with Gasteiger partial charge in [0.25, 0.3) is 0 Å². The van der Waals surface area contributed by atoms with E-state index in [2.05, 4.69) is 5.32 Å². The number of nitrogen functional groups attached to an aromatic ring is 1. The smallest absolute Gasteiger partial charge is 0.248 e. The van der Waals surface area contributed by atoms with E-state index in [9.17, 15) is 15.0 Å². The van der Waals surface area contributed by atoms with Crippen molar-refractivity contribution in [1.82, 2.24) is 0 Å². The predicted molar refractivity (Wildman–Crippen MR) is 113 cm³/mol. The molecule has 3 aromatic carbocycles. The van der Waals surface area contributed by atoms with Gasteiger partial charge in [0.1, 0.15) is 23.7 Å². The molecule has 0 unspecified atom stereocenters. The molecule has 0 aliphatic rings. The molecule has 0 saturated carbocycles. The Morgan fingerprint density at radius 2 is 1.62 bits per heavy atom. The fraction of sp³-hybridized carbons (Fsp3) is 0.0870. The first kappa shape index (κ1) is 20.0. The number of carbonyl (C=O) groups is 1. The quantitative estimate of drug-likeness (QED) is 0.364. The normalized spacial score (nSPS) is 13.0. The number of phenolic OH excluding ortho intramolecular Hbond substituents is 1. The zero-order chi connectivity index (χ0) is 20.6. The van der Waals surface area contributed by atoms with Gasteiger partial charge in [-0.2, -0.15) is 0 Å². The number of ether oxygens (including phenoxy) is 1. The summed E-state index contributed by atoms with van der Waals surface area (Å²) in [5.41, 5.74) is 7.34. The van der Waals surface area contributed by atoms with E-state index in [0.29, 0.717) is 22.7 Å². The Balaban J connectivity index is 1.78. The SMILES string of the molecule is Nc1ccccc1NC(=O)/C=C/[C@@H](Oc1ccccc1)[C@H](O)c1ccc(O)cc1. The topological polar surface area (TPSA) is 105 Å². The van der Waals surface area contributed by atoms with Crippen molar-refractivity contribution in [3.8, 4) is 11.5 Å². The summed E-state index contributed by atoms with van der Waals surface area (Å²) in [6.07, 6.45) is 0.894. The zero-order valence-electron chi connectivity index (χ0n) is 15.6. The second-order valence-electron chi connectivity index (χ2n) is 6.37. The lowest BCUT2D eigenvalue weighted by atomic mass is 10.0. The van der Waals surface area contributed by atoms with Crippen LogP contribution in [0.25, 0.3) is 0 Å². The molecule has 0 heterocycles. The van der Waals surface area contributed by atoms with Gasteiger partial charge in [-0.1, -0.05) is 42.5 Å². The molecule has 0 radical (unpaired) electrons. The molecule has 29 heavy (non-hydrogen) atoms. The third-order valence-corrected chi connectivity index (χ3v) is 4.22. The Morgan fingerprint density at radius 3 is 2.31 bits per heavy atom. The Hall–Kier alpha value is -3.77. The van der Waals surface area contributed by atoms with Gasteiger partial charge in [0.2, 0.25) is 5.91 Å². The summed E-state index contributed by atoms with van der Waals surface area (Å²) in [6, 6.07) is 22.1. The molecule has 6 nitrogen and oxygen atoms in total. The summed E-state index contributed by atoms with van der Waals surface area (Å²) in [5.74, 6) is 0.243. The van der Waals surface area contributed by atoms with Crippen molar-refractivity contribution in [3.63, 3.8) is 0 Å². The van der Waals surface area contributed by atoms with Gasteiger partial charge < -0.3 is 26.0 Å². The maximum absolute atomic E-state index is 12.3. The first-order valence-electron chi connectivity index (χ1n) is 9.05. The number of amides is 1. The van der Waals surface area contributed by atoms with Crippen LogP contribution in [0.5, 0.6) is 11.5 Å². The molecule has 1 amide bonds. The van der Waals surface area contributed by atoms with Crippen LogP contribution in [-0.4, -0.2) is 22.2 Å². The van der Waals surface area contributed by atoms with Crippen LogP contribution in [0, 0.1) is 0 Å². The third kappa shape index (κ3) is 5.60. The van der Waals surface area contributed by atoms with Crippen LogP contribution in [0.4, 0.5) is 11.4 Å². The van der Waals surface area contributed by atoms with Crippen LogP contribution >= 0.6 is 0 Å². The van der Waals surface area contributed by atoms with Crippen LogP contribution in [-0.2, 0) is 4.79 Å². The first-order valence-corrected chi connectivity index (χ1v) is 9.05. The minimum atomic E-state index is -1.05. The van der Waals surface area contributed by atoms with Crippen LogP contribution in [0.2, 0.25) is 0 Å². The summed E-state index contributed by atoms with van der Waals surface area (Å²) in [5, 5.41) is 22.9. The highest BCUT2D eigenvalue weighted by Crippen LogP contribution is 2.25. The summed E-state index contributed by atoms with van der Waals surface area (Å²) in [6.45, 7) is 0. The molecule has 0 aliphatic carbocycles. The lowest BCUT2D eigenvalue weighted by Crippen LogP contribution is -2.24. The van der Waals surface area contributed by atoms with Gasteiger partial charge in [0.05, 0.1) is 11.4 Å². The van der Waals surface area contributed by atoms with E-state index in [1.807, 2.05) is 18.2 Å². The summed E-state index contributed by atoms with van der Waals surface area (Å²) >= 11 is 0. The highest BCUT2D eigenvalue weighted by atomic mass is 16.5.